The molecule has 0 aliphatic carbocycles. The van der Waals surface area contributed by atoms with Crippen molar-refractivity contribution in [1.29, 1.82) is 0 Å². The van der Waals surface area contributed by atoms with Crippen molar-refractivity contribution in [2.24, 2.45) is 0 Å². The molecular formula is C25H33N3O6S. The predicted molar refractivity (Wildman–Crippen MR) is 135 cm³/mol. The average Bonchev–Trinajstić information content (AvgIpc) is 3.16. The number of esters is 1. The van der Waals surface area contributed by atoms with E-state index in [1.54, 1.807) is 21.0 Å². The Kier molecular flexibility index (Phi) is 10.4. The highest BCUT2D eigenvalue weighted by Crippen LogP contribution is 2.27. The number of hydrogen-bond acceptors (Lipinski definition) is 9. The molecule has 0 saturated carbocycles. The zero-order chi connectivity index (χ0) is 25.2. The molecule has 0 aliphatic heterocycles. The molecule has 0 aliphatic rings. The largest absolute Gasteiger partial charge is 0.462 e. The van der Waals surface area contributed by atoms with Gasteiger partial charge in [-0.2, -0.15) is 0 Å². The summed E-state index contributed by atoms with van der Waals surface area (Å²) in [7, 11) is 1.64. The highest BCUT2D eigenvalue weighted by Gasteiger charge is 2.21. The van der Waals surface area contributed by atoms with Gasteiger partial charge in [-0.05, 0) is 31.4 Å². The van der Waals surface area contributed by atoms with Gasteiger partial charge >= 0.3 is 5.97 Å². The van der Waals surface area contributed by atoms with E-state index < -0.39 is 12.1 Å². The lowest BCUT2D eigenvalue weighted by Gasteiger charge is -2.24. The fraction of sp³-hybridized carbons (Fsp3) is 0.480. The van der Waals surface area contributed by atoms with Crippen LogP contribution in [0.25, 0.3) is 10.2 Å². The zero-order valence-corrected chi connectivity index (χ0v) is 21.2. The van der Waals surface area contributed by atoms with Crippen LogP contribution in [0, 0.1) is 6.92 Å². The standard InChI is InChI=1S/C25H33N3O6S/c1-4-34-25(31)22-17(2)21-23(30)26-20(27-24(21)35-22)14-28(11-8-12-32-3)13-19(29)16-33-15-18-9-6-5-7-10-18/h5-7,9-10,19,29H,4,8,11-16H2,1-3H3,(H,26,27,30)/t19-/m1/s1. The van der Waals surface area contributed by atoms with E-state index in [-0.39, 0.29) is 18.8 Å². The van der Waals surface area contributed by atoms with Gasteiger partial charge in [0.25, 0.3) is 5.56 Å². The predicted octanol–water partition coefficient (Wildman–Crippen LogP) is 2.89. The molecule has 1 atom stereocenters. The molecule has 0 fully saturated rings. The molecule has 2 heterocycles. The smallest absolute Gasteiger partial charge is 0.348 e. The summed E-state index contributed by atoms with van der Waals surface area (Å²) in [5.74, 6) is 0.0164. The molecule has 190 valence electrons. The molecule has 2 N–H and O–H groups in total. The first-order chi connectivity index (χ1) is 16.9. The minimum Gasteiger partial charge on any atom is -0.462 e. The number of hydrogen-bond donors (Lipinski definition) is 2. The number of aromatic nitrogens is 2. The van der Waals surface area contributed by atoms with Gasteiger partial charge in [-0.1, -0.05) is 30.3 Å². The van der Waals surface area contributed by atoms with Crippen LogP contribution in [-0.4, -0.2) is 72.1 Å². The fourth-order valence-corrected chi connectivity index (χ4v) is 4.87. The summed E-state index contributed by atoms with van der Waals surface area (Å²) in [6.45, 7) is 6.23. The van der Waals surface area contributed by atoms with Crippen molar-refractivity contribution in [2.45, 2.75) is 39.5 Å². The number of nitrogens with one attached hydrogen (secondary N) is 1. The number of carbonyl (C=O) groups is 1. The van der Waals surface area contributed by atoms with Crippen LogP contribution in [0.2, 0.25) is 0 Å². The Bertz CT molecular complexity index is 1150. The van der Waals surface area contributed by atoms with Gasteiger partial charge in [0.15, 0.2) is 0 Å². The maximum absolute atomic E-state index is 12.8. The van der Waals surface area contributed by atoms with Crippen LogP contribution in [0.1, 0.15) is 40.0 Å². The van der Waals surface area contributed by atoms with E-state index in [0.717, 1.165) is 23.3 Å². The van der Waals surface area contributed by atoms with Crippen LogP contribution in [0.15, 0.2) is 35.1 Å². The molecule has 0 radical (unpaired) electrons. The molecular weight excluding hydrogens is 470 g/mol. The number of aryl methyl sites for hydroxylation is 1. The van der Waals surface area contributed by atoms with Crippen LogP contribution in [0.3, 0.4) is 0 Å². The Morgan fingerprint density at radius 2 is 2.06 bits per heavy atom. The van der Waals surface area contributed by atoms with E-state index in [1.165, 1.54) is 0 Å². The van der Waals surface area contributed by atoms with Crippen LogP contribution in [0.5, 0.6) is 0 Å². The number of carbonyl (C=O) groups excluding carboxylic acids is 1. The summed E-state index contributed by atoms with van der Waals surface area (Å²) >= 11 is 1.16. The van der Waals surface area contributed by atoms with Crippen molar-refractivity contribution in [3.05, 3.63) is 62.5 Å². The molecule has 9 nitrogen and oxygen atoms in total. The molecule has 1 aromatic carbocycles. The van der Waals surface area contributed by atoms with Gasteiger partial charge in [0.1, 0.15) is 15.5 Å². The van der Waals surface area contributed by atoms with Crippen molar-refractivity contribution in [2.75, 3.05) is 40.0 Å². The number of aromatic amines is 1. The summed E-state index contributed by atoms with van der Waals surface area (Å²) in [6, 6.07) is 9.79. The first-order valence-electron chi connectivity index (χ1n) is 11.6. The Morgan fingerprint density at radius 3 is 2.77 bits per heavy atom. The summed E-state index contributed by atoms with van der Waals surface area (Å²) in [5.41, 5.74) is 1.32. The van der Waals surface area contributed by atoms with Crippen LogP contribution in [0.4, 0.5) is 0 Å². The van der Waals surface area contributed by atoms with Crippen LogP contribution >= 0.6 is 11.3 Å². The van der Waals surface area contributed by atoms with Gasteiger partial charge in [-0.25, -0.2) is 9.78 Å². The Labute approximate surface area is 208 Å². The number of thiophene rings is 1. The highest BCUT2D eigenvalue weighted by atomic mass is 32.1. The van der Waals surface area contributed by atoms with Crippen molar-refractivity contribution in [3.8, 4) is 0 Å². The molecule has 3 rings (SSSR count). The van der Waals surface area contributed by atoms with Gasteiger partial charge in [-0.15, -0.1) is 11.3 Å². The normalized spacial score (nSPS) is 12.4. The quantitative estimate of drug-likeness (QED) is 0.255. The third-order valence-electron chi connectivity index (χ3n) is 5.40. The van der Waals surface area contributed by atoms with Gasteiger partial charge < -0.3 is 24.3 Å². The Hall–Kier alpha value is -2.63. The number of aliphatic hydroxyl groups is 1. The van der Waals surface area contributed by atoms with Crippen molar-refractivity contribution < 1.29 is 24.1 Å². The summed E-state index contributed by atoms with van der Waals surface area (Å²) in [5, 5.41) is 11.0. The summed E-state index contributed by atoms with van der Waals surface area (Å²) in [4.78, 5) is 35.4. The van der Waals surface area contributed by atoms with Crippen LogP contribution in [-0.2, 0) is 27.4 Å². The van der Waals surface area contributed by atoms with E-state index in [0.29, 0.717) is 59.3 Å². The topological polar surface area (TPSA) is 114 Å². The summed E-state index contributed by atoms with van der Waals surface area (Å²) < 4.78 is 15.9. The van der Waals surface area contributed by atoms with Crippen LogP contribution < -0.4 is 5.56 Å². The number of ether oxygens (including phenoxy) is 3. The highest BCUT2D eigenvalue weighted by molar-refractivity contribution is 7.20. The van der Waals surface area contributed by atoms with E-state index in [2.05, 4.69) is 9.97 Å². The van der Waals surface area contributed by atoms with E-state index in [9.17, 15) is 14.7 Å². The molecule has 3 aromatic rings. The first-order valence-corrected chi connectivity index (χ1v) is 12.4. The second-order valence-electron chi connectivity index (χ2n) is 8.21. The molecule has 0 bridgehead atoms. The number of benzene rings is 1. The number of rotatable bonds is 14. The van der Waals surface area contributed by atoms with Gasteiger partial charge in [-0.3, -0.25) is 9.69 Å². The van der Waals surface area contributed by atoms with Gasteiger partial charge in [0.05, 0.1) is 37.9 Å². The molecule has 0 spiro atoms. The number of H-pyrrole nitrogens is 1. The Balaban J connectivity index is 1.69. The number of aliphatic hydroxyl groups excluding tert-OH is 1. The third-order valence-corrected chi connectivity index (χ3v) is 6.56. The monoisotopic (exact) mass is 503 g/mol. The number of nitrogens with zero attached hydrogens (tertiary/aromatic N) is 2. The molecule has 0 unspecified atom stereocenters. The minimum absolute atomic E-state index is 0.186. The summed E-state index contributed by atoms with van der Waals surface area (Å²) in [6.07, 6.45) is 0.0437. The Morgan fingerprint density at radius 1 is 1.29 bits per heavy atom. The van der Waals surface area contributed by atoms with E-state index in [1.807, 2.05) is 35.2 Å². The van der Waals surface area contributed by atoms with E-state index in [4.69, 9.17) is 14.2 Å². The number of fused-ring (bicyclic) bond motifs is 1. The zero-order valence-electron chi connectivity index (χ0n) is 20.4. The third kappa shape index (κ3) is 7.68. The molecule has 10 heteroatoms. The SMILES string of the molecule is CCOC(=O)c1sc2nc(CN(CCCOC)C[C@@H](O)COCc3ccccc3)[nH]c(=O)c2c1C. The lowest BCUT2D eigenvalue weighted by Crippen LogP contribution is -2.36. The lowest BCUT2D eigenvalue weighted by atomic mass is 10.2. The molecule has 0 amide bonds. The fourth-order valence-electron chi connectivity index (χ4n) is 3.77. The van der Waals surface area contributed by atoms with Gasteiger partial charge in [0.2, 0.25) is 0 Å². The van der Waals surface area contributed by atoms with Crippen molar-refractivity contribution in [1.82, 2.24) is 14.9 Å². The van der Waals surface area contributed by atoms with E-state index >= 15 is 0 Å². The lowest BCUT2D eigenvalue weighted by molar-refractivity contribution is 0.00700. The van der Waals surface area contributed by atoms with Crippen molar-refractivity contribution >= 4 is 27.5 Å². The second-order valence-corrected chi connectivity index (χ2v) is 9.20. The van der Waals surface area contributed by atoms with Gasteiger partial charge in [0, 0.05) is 26.8 Å². The molecule has 0 saturated heterocycles. The molecule has 2 aromatic heterocycles. The number of methoxy groups -OCH3 is 1. The minimum atomic E-state index is -0.712. The van der Waals surface area contributed by atoms with Crippen molar-refractivity contribution in [3.63, 3.8) is 0 Å². The maximum Gasteiger partial charge on any atom is 0.348 e. The average molecular weight is 504 g/mol. The second kappa shape index (κ2) is 13.5. The maximum atomic E-state index is 12.8. The first kappa shape index (κ1) is 27.0. The molecule has 35 heavy (non-hydrogen) atoms.